The number of benzene rings is 1. The van der Waals surface area contributed by atoms with Crippen molar-refractivity contribution in [3.05, 3.63) is 23.8 Å². The first-order valence-electron chi connectivity index (χ1n) is 5.97. The van der Waals surface area contributed by atoms with Crippen molar-refractivity contribution in [2.24, 2.45) is 5.92 Å². The van der Waals surface area contributed by atoms with Gasteiger partial charge < -0.3 is 14.4 Å². The SMILES string of the molecule is COc1ccc(C(=O)N(C)CC(C)C)c(OC)c1. The molecule has 0 unspecified atom stereocenters. The van der Waals surface area contributed by atoms with Crippen LogP contribution in [0.1, 0.15) is 24.2 Å². The number of ether oxygens (including phenoxy) is 2. The van der Waals surface area contributed by atoms with Gasteiger partial charge in [0.1, 0.15) is 11.5 Å². The predicted molar refractivity (Wildman–Crippen MR) is 71.3 cm³/mol. The van der Waals surface area contributed by atoms with Crippen LogP contribution < -0.4 is 9.47 Å². The number of carbonyl (C=O) groups excluding carboxylic acids is 1. The summed E-state index contributed by atoms with van der Waals surface area (Å²) in [4.78, 5) is 14.0. The first kappa shape index (κ1) is 14.4. The fraction of sp³-hybridized carbons (Fsp3) is 0.500. The third kappa shape index (κ3) is 3.39. The summed E-state index contributed by atoms with van der Waals surface area (Å²) in [6.07, 6.45) is 0. The van der Waals surface area contributed by atoms with Crippen molar-refractivity contribution in [1.29, 1.82) is 0 Å². The summed E-state index contributed by atoms with van der Waals surface area (Å²) in [5.41, 5.74) is 0.557. The molecule has 0 aliphatic rings. The first-order chi connectivity index (χ1) is 8.49. The van der Waals surface area contributed by atoms with Gasteiger partial charge in [-0.15, -0.1) is 0 Å². The summed E-state index contributed by atoms with van der Waals surface area (Å²) in [5.74, 6) is 1.61. The average Bonchev–Trinajstić information content (AvgIpc) is 2.36. The lowest BCUT2D eigenvalue weighted by Crippen LogP contribution is -2.30. The van der Waals surface area contributed by atoms with Crippen LogP contribution in [0.2, 0.25) is 0 Å². The van der Waals surface area contributed by atoms with Gasteiger partial charge in [0.15, 0.2) is 0 Å². The Bertz CT molecular complexity index is 416. The maximum atomic E-state index is 12.3. The number of rotatable bonds is 5. The van der Waals surface area contributed by atoms with Crippen LogP contribution in [0.4, 0.5) is 0 Å². The zero-order chi connectivity index (χ0) is 13.7. The Balaban J connectivity index is 2.98. The Labute approximate surface area is 108 Å². The highest BCUT2D eigenvalue weighted by Gasteiger charge is 2.17. The van der Waals surface area contributed by atoms with Crippen LogP contribution in [0.25, 0.3) is 0 Å². The minimum atomic E-state index is -0.0387. The van der Waals surface area contributed by atoms with Gasteiger partial charge in [-0.3, -0.25) is 4.79 Å². The Kier molecular flexibility index (Phi) is 5.01. The molecule has 1 aromatic carbocycles. The van der Waals surface area contributed by atoms with Crippen LogP contribution in [0, 0.1) is 5.92 Å². The molecule has 1 rings (SSSR count). The molecule has 0 saturated carbocycles. The second-order valence-corrected chi connectivity index (χ2v) is 4.65. The van der Waals surface area contributed by atoms with E-state index in [1.807, 2.05) is 0 Å². The van der Waals surface area contributed by atoms with Crippen LogP contribution in [0.5, 0.6) is 11.5 Å². The summed E-state index contributed by atoms with van der Waals surface area (Å²) < 4.78 is 10.3. The maximum Gasteiger partial charge on any atom is 0.257 e. The second-order valence-electron chi connectivity index (χ2n) is 4.65. The van der Waals surface area contributed by atoms with Crippen molar-refractivity contribution < 1.29 is 14.3 Å². The Morgan fingerprint density at radius 1 is 1.28 bits per heavy atom. The van der Waals surface area contributed by atoms with Crippen LogP contribution in [0.15, 0.2) is 18.2 Å². The van der Waals surface area contributed by atoms with Gasteiger partial charge in [-0.05, 0) is 18.1 Å². The number of amides is 1. The number of carbonyl (C=O) groups is 1. The number of hydrogen-bond donors (Lipinski definition) is 0. The van der Waals surface area contributed by atoms with Crippen LogP contribution in [-0.4, -0.2) is 38.6 Å². The number of nitrogens with zero attached hydrogens (tertiary/aromatic N) is 1. The molecule has 0 bridgehead atoms. The van der Waals surface area contributed by atoms with Gasteiger partial charge in [0.05, 0.1) is 19.8 Å². The molecule has 0 spiro atoms. The lowest BCUT2D eigenvalue weighted by atomic mass is 10.1. The smallest absolute Gasteiger partial charge is 0.257 e. The van der Waals surface area contributed by atoms with Gasteiger partial charge in [-0.25, -0.2) is 0 Å². The quantitative estimate of drug-likeness (QED) is 0.806. The summed E-state index contributed by atoms with van der Waals surface area (Å²) in [5, 5.41) is 0. The third-order valence-electron chi connectivity index (χ3n) is 2.62. The normalized spacial score (nSPS) is 10.3. The molecule has 0 aliphatic heterocycles. The van der Waals surface area contributed by atoms with E-state index in [0.717, 1.165) is 0 Å². The number of hydrogen-bond acceptors (Lipinski definition) is 3. The second kappa shape index (κ2) is 6.28. The van der Waals surface area contributed by atoms with E-state index in [2.05, 4.69) is 13.8 Å². The molecule has 0 radical (unpaired) electrons. The zero-order valence-corrected chi connectivity index (χ0v) is 11.7. The fourth-order valence-electron chi connectivity index (χ4n) is 1.81. The van der Waals surface area contributed by atoms with E-state index in [0.29, 0.717) is 29.5 Å². The molecule has 1 amide bonds. The van der Waals surface area contributed by atoms with Crippen LogP contribution in [0.3, 0.4) is 0 Å². The number of methoxy groups -OCH3 is 2. The van der Waals surface area contributed by atoms with Crippen molar-refractivity contribution in [1.82, 2.24) is 4.90 Å². The standard InChI is InChI=1S/C14H21NO3/c1-10(2)9-15(3)14(16)12-7-6-11(17-4)8-13(12)18-5/h6-8,10H,9H2,1-5H3. The van der Waals surface area contributed by atoms with Gasteiger partial charge in [0.2, 0.25) is 0 Å². The van der Waals surface area contributed by atoms with E-state index in [-0.39, 0.29) is 5.91 Å². The van der Waals surface area contributed by atoms with Gasteiger partial charge in [0.25, 0.3) is 5.91 Å². The van der Waals surface area contributed by atoms with Crippen molar-refractivity contribution in [3.8, 4) is 11.5 Å². The molecule has 4 nitrogen and oxygen atoms in total. The zero-order valence-electron chi connectivity index (χ0n) is 11.7. The molecule has 0 aromatic heterocycles. The van der Waals surface area contributed by atoms with E-state index in [4.69, 9.17) is 9.47 Å². The van der Waals surface area contributed by atoms with Gasteiger partial charge in [0, 0.05) is 19.7 Å². The monoisotopic (exact) mass is 251 g/mol. The minimum absolute atomic E-state index is 0.0387. The third-order valence-corrected chi connectivity index (χ3v) is 2.62. The molecule has 0 fully saturated rings. The van der Waals surface area contributed by atoms with Crippen molar-refractivity contribution in [3.63, 3.8) is 0 Å². The highest BCUT2D eigenvalue weighted by atomic mass is 16.5. The highest BCUT2D eigenvalue weighted by Crippen LogP contribution is 2.25. The minimum Gasteiger partial charge on any atom is -0.497 e. The van der Waals surface area contributed by atoms with Gasteiger partial charge in [-0.1, -0.05) is 13.8 Å². The van der Waals surface area contributed by atoms with E-state index in [9.17, 15) is 4.79 Å². The largest absolute Gasteiger partial charge is 0.497 e. The maximum absolute atomic E-state index is 12.3. The predicted octanol–water partition coefficient (Wildman–Crippen LogP) is 2.43. The Morgan fingerprint density at radius 2 is 1.94 bits per heavy atom. The molecule has 1 aromatic rings. The molecule has 4 heteroatoms. The summed E-state index contributed by atoms with van der Waals surface area (Å²) in [6, 6.07) is 5.21. The van der Waals surface area contributed by atoms with Crippen molar-refractivity contribution in [2.75, 3.05) is 27.8 Å². The molecule has 0 N–H and O–H groups in total. The molecule has 0 aliphatic carbocycles. The van der Waals surface area contributed by atoms with Gasteiger partial charge >= 0.3 is 0 Å². The van der Waals surface area contributed by atoms with Crippen molar-refractivity contribution in [2.45, 2.75) is 13.8 Å². The summed E-state index contributed by atoms with van der Waals surface area (Å²) in [7, 11) is 4.93. The van der Waals surface area contributed by atoms with E-state index < -0.39 is 0 Å². The average molecular weight is 251 g/mol. The topological polar surface area (TPSA) is 38.8 Å². The molecule has 100 valence electrons. The van der Waals surface area contributed by atoms with Gasteiger partial charge in [-0.2, -0.15) is 0 Å². The van der Waals surface area contributed by atoms with Crippen molar-refractivity contribution >= 4 is 5.91 Å². The Morgan fingerprint density at radius 3 is 2.44 bits per heavy atom. The fourth-order valence-corrected chi connectivity index (χ4v) is 1.81. The molecule has 0 saturated heterocycles. The Hall–Kier alpha value is -1.71. The molecular weight excluding hydrogens is 230 g/mol. The van der Waals surface area contributed by atoms with E-state index in [1.165, 1.54) is 0 Å². The molecular formula is C14H21NO3. The van der Waals surface area contributed by atoms with Crippen LogP contribution >= 0.6 is 0 Å². The van der Waals surface area contributed by atoms with Crippen LogP contribution in [-0.2, 0) is 0 Å². The van der Waals surface area contributed by atoms with E-state index >= 15 is 0 Å². The lowest BCUT2D eigenvalue weighted by molar-refractivity contribution is 0.0775. The van der Waals surface area contributed by atoms with E-state index in [1.54, 1.807) is 44.4 Å². The first-order valence-corrected chi connectivity index (χ1v) is 5.97. The molecule has 0 heterocycles. The lowest BCUT2D eigenvalue weighted by Gasteiger charge is -2.20. The molecule has 18 heavy (non-hydrogen) atoms. The molecule has 0 atom stereocenters. The highest BCUT2D eigenvalue weighted by molar-refractivity contribution is 5.97. The summed E-state index contributed by atoms with van der Waals surface area (Å²) >= 11 is 0. The summed E-state index contributed by atoms with van der Waals surface area (Å²) in [6.45, 7) is 4.87.